The molecule has 2 N–H and O–H groups in total. The highest BCUT2D eigenvalue weighted by Gasteiger charge is 2.51. The van der Waals surface area contributed by atoms with Crippen molar-refractivity contribution in [2.75, 3.05) is 0 Å². The normalized spacial score (nSPS) is 18.6. The lowest BCUT2D eigenvalue weighted by Gasteiger charge is -2.24. The van der Waals surface area contributed by atoms with Crippen molar-refractivity contribution < 1.29 is 0 Å². The Morgan fingerprint density at radius 2 is 2.06 bits per heavy atom. The molecule has 3 rings (SSSR count). The highest BCUT2D eigenvalue weighted by Crippen LogP contribution is 2.55. The first-order valence-corrected chi connectivity index (χ1v) is 6.60. The fraction of sp³-hybridized carbons (Fsp3) is 0.400. The number of hydrogen-bond acceptors (Lipinski definition) is 2. The maximum Gasteiger partial charge on any atom is 0.126 e. The highest BCUT2D eigenvalue weighted by atomic mass is 15.1. The predicted octanol–water partition coefficient (Wildman–Crippen LogP) is 2.63. The number of hydrogen-bond donors (Lipinski definition) is 1. The molecule has 2 aromatic rings. The second kappa shape index (κ2) is 4.25. The van der Waals surface area contributed by atoms with E-state index in [0.717, 1.165) is 25.2 Å². The van der Waals surface area contributed by atoms with Gasteiger partial charge in [-0.15, -0.1) is 0 Å². The molecule has 0 spiro atoms. The van der Waals surface area contributed by atoms with Gasteiger partial charge in [-0.2, -0.15) is 0 Å². The van der Waals surface area contributed by atoms with Crippen LogP contribution in [0.15, 0.2) is 42.7 Å². The van der Waals surface area contributed by atoms with Crippen LogP contribution >= 0.6 is 0 Å². The molecule has 1 atom stereocenters. The number of rotatable bonds is 4. The quantitative estimate of drug-likeness (QED) is 0.894. The lowest BCUT2D eigenvalue weighted by molar-refractivity contribution is 0.489. The Morgan fingerprint density at radius 1 is 1.33 bits per heavy atom. The summed E-state index contributed by atoms with van der Waals surface area (Å²) in [6.07, 6.45) is 6.18. The van der Waals surface area contributed by atoms with Crippen LogP contribution < -0.4 is 5.73 Å². The molecule has 1 aliphatic rings. The zero-order valence-corrected chi connectivity index (χ0v) is 10.7. The molecular formula is C15H19N3. The molecule has 1 heterocycles. The van der Waals surface area contributed by atoms with Crippen LogP contribution in [0, 0.1) is 0 Å². The minimum atomic E-state index is -0.00477. The Balaban J connectivity index is 1.96. The molecule has 1 unspecified atom stereocenters. The zero-order valence-electron chi connectivity index (χ0n) is 10.7. The van der Waals surface area contributed by atoms with Gasteiger partial charge < -0.3 is 10.3 Å². The molecule has 1 fully saturated rings. The standard InChI is InChI=1S/C15H19N3/c1-2-18-11-10-17-14(18)13(16)15(8-9-15)12-6-4-3-5-7-12/h3-7,10-11,13H,2,8-9,16H2,1H3. The van der Waals surface area contributed by atoms with Gasteiger partial charge in [0.25, 0.3) is 0 Å². The van der Waals surface area contributed by atoms with Crippen molar-refractivity contribution in [3.63, 3.8) is 0 Å². The number of aryl methyl sites for hydroxylation is 1. The van der Waals surface area contributed by atoms with E-state index in [4.69, 9.17) is 5.73 Å². The third-order valence-electron chi connectivity index (χ3n) is 4.10. The first-order valence-electron chi connectivity index (χ1n) is 6.60. The van der Waals surface area contributed by atoms with Crippen molar-refractivity contribution in [3.05, 3.63) is 54.1 Å². The van der Waals surface area contributed by atoms with Gasteiger partial charge in [0.1, 0.15) is 5.82 Å². The SMILES string of the molecule is CCn1ccnc1C(N)C1(c2ccccc2)CC1. The molecule has 3 heteroatoms. The summed E-state index contributed by atoms with van der Waals surface area (Å²) in [5.41, 5.74) is 7.97. The van der Waals surface area contributed by atoms with E-state index in [2.05, 4.69) is 46.8 Å². The van der Waals surface area contributed by atoms with Gasteiger partial charge in [-0.05, 0) is 25.3 Å². The van der Waals surface area contributed by atoms with Crippen molar-refractivity contribution >= 4 is 0 Å². The third kappa shape index (κ3) is 1.66. The molecule has 1 aliphatic carbocycles. The van der Waals surface area contributed by atoms with E-state index in [1.807, 2.05) is 12.4 Å². The van der Waals surface area contributed by atoms with Crippen LogP contribution in [0.5, 0.6) is 0 Å². The summed E-state index contributed by atoms with van der Waals surface area (Å²) in [5.74, 6) is 1.01. The van der Waals surface area contributed by atoms with Gasteiger partial charge in [0, 0.05) is 24.4 Å². The minimum Gasteiger partial charge on any atom is -0.334 e. The number of nitrogens with zero attached hydrogens (tertiary/aromatic N) is 2. The average molecular weight is 241 g/mol. The molecule has 0 amide bonds. The van der Waals surface area contributed by atoms with Crippen LogP contribution in [0.2, 0.25) is 0 Å². The summed E-state index contributed by atoms with van der Waals surface area (Å²) < 4.78 is 2.15. The molecule has 94 valence electrons. The largest absolute Gasteiger partial charge is 0.334 e. The van der Waals surface area contributed by atoms with E-state index in [1.54, 1.807) is 0 Å². The fourth-order valence-electron chi connectivity index (χ4n) is 2.80. The van der Waals surface area contributed by atoms with Crippen molar-refractivity contribution in [1.82, 2.24) is 9.55 Å². The van der Waals surface area contributed by atoms with Crippen molar-refractivity contribution in [2.24, 2.45) is 5.73 Å². The smallest absolute Gasteiger partial charge is 0.126 e. The molecule has 0 bridgehead atoms. The summed E-state index contributed by atoms with van der Waals surface area (Å²) in [6.45, 7) is 3.05. The van der Waals surface area contributed by atoms with E-state index in [0.29, 0.717) is 0 Å². The monoisotopic (exact) mass is 241 g/mol. The van der Waals surface area contributed by atoms with Gasteiger partial charge in [0.05, 0.1) is 6.04 Å². The van der Waals surface area contributed by atoms with Crippen molar-refractivity contribution in [1.29, 1.82) is 0 Å². The maximum atomic E-state index is 6.50. The maximum absolute atomic E-state index is 6.50. The third-order valence-corrected chi connectivity index (χ3v) is 4.10. The van der Waals surface area contributed by atoms with Gasteiger partial charge in [-0.3, -0.25) is 0 Å². The molecule has 0 saturated heterocycles. The van der Waals surface area contributed by atoms with E-state index >= 15 is 0 Å². The topological polar surface area (TPSA) is 43.8 Å². The molecule has 1 saturated carbocycles. The Hall–Kier alpha value is -1.61. The van der Waals surface area contributed by atoms with Gasteiger partial charge >= 0.3 is 0 Å². The molecule has 1 aromatic heterocycles. The van der Waals surface area contributed by atoms with Crippen molar-refractivity contribution in [2.45, 2.75) is 37.8 Å². The van der Waals surface area contributed by atoms with E-state index in [9.17, 15) is 0 Å². The fourth-order valence-corrected chi connectivity index (χ4v) is 2.80. The molecule has 18 heavy (non-hydrogen) atoms. The lowest BCUT2D eigenvalue weighted by Crippen LogP contribution is -2.29. The van der Waals surface area contributed by atoms with Crippen LogP contribution in [-0.2, 0) is 12.0 Å². The van der Waals surface area contributed by atoms with Crippen molar-refractivity contribution in [3.8, 4) is 0 Å². The summed E-state index contributed by atoms with van der Waals surface area (Å²) in [5, 5.41) is 0. The summed E-state index contributed by atoms with van der Waals surface area (Å²) in [7, 11) is 0. The van der Waals surface area contributed by atoms with E-state index in [-0.39, 0.29) is 11.5 Å². The molecule has 0 radical (unpaired) electrons. The Bertz CT molecular complexity index is 526. The zero-order chi connectivity index (χ0) is 12.6. The highest BCUT2D eigenvalue weighted by molar-refractivity contribution is 5.35. The number of imidazole rings is 1. The Morgan fingerprint density at radius 3 is 2.67 bits per heavy atom. The second-order valence-corrected chi connectivity index (χ2v) is 5.07. The minimum absolute atomic E-state index is 0.00477. The molecular weight excluding hydrogens is 222 g/mol. The number of benzene rings is 1. The first kappa shape index (κ1) is 11.5. The molecule has 1 aromatic carbocycles. The van der Waals surface area contributed by atoms with E-state index < -0.39 is 0 Å². The van der Waals surface area contributed by atoms with Crippen LogP contribution in [0.1, 0.15) is 37.2 Å². The van der Waals surface area contributed by atoms with E-state index in [1.165, 1.54) is 5.56 Å². The first-order chi connectivity index (χ1) is 8.78. The Kier molecular flexibility index (Phi) is 2.71. The van der Waals surface area contributed by atoms with Crippen LogP contribution in [0.25, 0.3) is 0 Å². The molecule has 0 aliphatic heterocycles. The summed E-state index contributed by atoms with van der Waals surface area (Å²) in [6, 6.07) is 10.6. The van der Waals surface area contributed by atoms with Crippen LogP contribution in [0.4, 0.5) is 0 Å². The van der Waals surface area contributed by atoms with Gasteiger partial charge in [-0.1, -0.05) is 30.3 Å². The van der Waals surface area contributed by atoms with Crippen LogP contribution in [-0.4, -0.2) is 9.55 Å². The predicted molar refractivity (Wildman–Crippen MR) is 72.2 cm³/mol. The summed E-state index contributed by atoms with van der Waals surface area (Å²) in [4.78, 5) is 4.46. The average Bonchev–Trinajstić information content (AvgIpc) is 3.10. The van der Waals surface area contributed by atoms with Crippen LogP contribution in [0.3, 0.4) is 0 Å². The molecule has 3 nitrogen and oxygen atoms in total. The number of nitrogens with two attached hydrogens (primary N) is 1. The Labute approximate surface area is 108 Å². The van der Waals surface area contributed by atoms with Gasteiger partial charge in [-0.25, -0.2) is 4.98 Å². The second-order valence-electron chi connectivity index (χ2n) is 5.07. The lowest BCUT2D eigenvalue weighted by atomic mass is 9.88. The summed E-state index contributed by atoms with van der Waals surface area (Å²) >= 11 is 0. The number of aromatic nitrogens is 2. The van der Waals surface area contributed by atoms with Gasteiger partial charge in [0.15, 0.2) is 0 Å². The van der Waals surface area contributed by atoms with Gasteiger partial charge in [0.2, 0.25) is 0 Å².